The second-order valence-electron chi connectivity index (χ2n) is 14.3. The smallest absolute Gasteiger partial charge is 0.355 e. The number of guanidine groups is 1. The lowest BCUT2D eigenvalue weighted by atomic mass is 9.85. The van der Waals surface area contributed by atoms with Crippen LogP contribution in [-0.2, 0) is 47.3 Å². The number of benzene rings is 2. The number of carbonyl (C=O) groups excluding carboxylic acids is 2. The van der Waals surface area contributed by atoms with Gasteiger partial charge in [0.1, 0.15) is 36.7 Å². The number of para-hydroxylation sites is 1. The first-order valence-electron chi connectivity index (χ1n) is 18.8. The quantitative estimate of drug-likeness (QED) is 0.0346. The Kier molecular flexibility index (Phi) is 11.7. The summed E-state index contributed by atoms with van der Waals surface area (Å²) in [6, 6.07) is 16.8. The fourth-order valence-electron chi connectivity index (χ4n) is 7.53. The van der Waals surface area contributed by atoms with Crippen molar-refractivity contribution in [2.24, 2.45) is 16.5 Å². The van der Waals surface area contributed by atoms with Crippen LogP contribution in [0.5, 0.6) is 5.75 Å². The number of fused-ring (bicyclic) bond motifs is 5. The van der Waals surface area contributed by atoms with Gasteiger partial charge in [0.2, 0.25) is 11.9 Å². The molecule has 58 heavy (non-hydrogen) atoms. The van der Waals surface area contributed by atoms with Crippen molar-refractivity contribution in [1.29, 1.82) is 0 Å². The average molecular weight is 816 g/mol. The lowest BCUT2D eigenvalue weighted by molar-refractivity contribution is -0.272. The summed E-state index contributed by atoms with van der Waals surface area (Å²) >= 11 is 5.61. The van der Waals surface area contributed by atoms with Gasteiger partial charge in [-0.05, 0) is 80.9 Å². The summed E-state index contributed by atoms with van der Waals surface area (Å²) in [5, 5.41) is 27.9. The number of aromatic nitrogens is 2. The van der Waals surface area contributed by atoms with Crippen molar-refractivity contribution >= 4 is 51.8 Å². The number of hydrogen-bond donors (Lipinski definition) is 6. The molecule has 0 radical (unpaired) electrons. The number of ether oxygens (including phenoxy) is 5. The van der Waals surface area contributed by atoms with Gasteiger partial charge in [-0.25, -0.2) is 14.6 Å². The van der Waals surface area contributed by atoms with E-state index in [1.807, 2.05) is 30.3 Å². The van der Waals surface area contributed by atoms with E-state index in [0.717, 1.165) is 16.5 Å². The molecular formula is C40H45N7O10S. The molecule has 18 heteroatoms. The Morgan fingerprint density at radius 3 is 2.62 bits per heavy atom. The molecule has 0 spiro atoms. The van der Waals surface area contributed by atoms with Crippen LogP contribution in [0.2, 0.25) is 0 Å². The second-order valence-corrected chi connectivity index (χ2v) is 14.7. The number of hydrogen-bond acceptors (Lipinski definition) is 13. The van der Waals surface area contributed by atoms with Gasteiger partial charge in [-0.3, -0.25) is 9.79 Å². The first-order valence-corrected chi connectivity index (χ1v) is 19.2. The molecule has 7 atom stereocenters. The average Bonchev–Trinajstić information content (AvgIpc) is 3.56. The number of nitrogens with zero attached hydrogens (tertiary/aromatic N) is 3. The zero-order valence-electron chi connectivity index (χ0n) is 32.0. The van der Waals surface area contributed by atoms with E-state index in [1.165, 1.54) is 7.11 Å². The summed E-state index contributed by atoms with van der Waals surface area (Å²) in [7, 11) is 1.38. The van der Waals surface area contributed by atoms with Crippen LogP contribution in [0.3, 0.4) is 0 Å². The van der Waals surface area contributed by atoms with E-state index in [4.69, 9.17) is 52.4 Å². The van der Waals surface area contributed by atoms with Crippen molar-refractivity contribution in [3.05, 3.63) is 87.7 Å². The third-order valence-corrected chi connectivity index (χ3v) is 10.8. The highest BCUT2D eigenvalue weighted by molar-refractivity contribution is 7.80. The molecule has 4 aromatic rings. The van der Waals surface area contributed by atoms with Crippen molar-refractivity contribution in [2.45, 2.75) is 88.6 Å². The highest BCUT2D eigenvalue weighted by atomic mass is 32.1. The molecule has 7 rings (SSSR count). The van der Waals surface area contributed by atoms with E-state index in [1.54, 1.807) is 48.7 Å². The van der Waals surface area contributed by atoms with E-state index in [9.17, 15) is 24.6 Å². The topological polar surface area (TPSA) is 244 Å². The summed E-state index contributed by atoms with van der Waals surface area (Å²) in [4.78, 5) is 50.9. The van der Waals surface area contributed by atoms with Gasteiger partial charge in [0.15, 0.2) is 11.1 Å². The third-order valence-electron chi connectivity index (χ3n) is 10.6. The molecule has 0 bridgehead atoms. The van der Waals surface area contributed by atoms with Crippen LogP contribution >= 0.6 is 12.2 Å². The number of carbonyl (C=O) groups is 2. The predicted octanol–water partition coefficient (Wildman–Crippen LogP) is 1.90. The molecule has 1 fully saturated rings. The van der Waals surface area contributed by atoms with Crippen molar-refractivity contribution in [3.8, 4) is 17.1 Å². The minimum Gasteiger partial charge on any atom is -0.462 e. The number of aliphatic hydroxyl groups excluding tert-OH is 2. The van der Waals surface area contributed by atoms with Crippen LogP contribution in [0.25, 0.3) is 22.3 Å². The van der Waals surface area contributed by atoms with Gasteiger partial charge in [0.25, 0.3) is 5.56 Å². The summed E-state index contributed by atoms with van der Waals surface area (Å²) in [6.07, 6.45) is -4.48. The van der Waals surface area contributed by atoms with Crippen LogP contribution in [0.15, 0.2) is 70.5 Å². The molecule has 17 nitrogen and oxygen atoms in total. The number of pyridine rings is 2. The van der Waals surface area contributed by atoms with Gasteiger partial charge in [0, 0.05) is 35.9 Å². The minimum atomic E-state index is -1.95. The Morgan fingerprint density at radius 2 is 1.90 bits per heavy atom. The summed E-state index contributed by atoms with van der Waals surface area (Å²) in [6.45, 7) is 3.54. The monoisotopic (exact) mass is 815 g/mol. The Bertz CT molecular complexity index is 2320. The van der Waals surface area contributed by atoms with Gasteiger partial charge in [0.05, 0.1) is 35.1 Å². The molecule has 306 valence electrons. The van der Waals surface area contributed by atoms with Crippen LogP contribution in [-0.4, -0.2) is 93.2 Å². The minimum absolute atomic E-state index is 0.0299. The first kappa shape index (κ1) is 40.5. The van der Waals surface area contributed by atoms with E-state index in [2.05, 4.69) is 15.6 Å². The standard InChI is InChI=1S/C40H45N7O10S/c1-4-40(26-17-29-30-22(16-21-8-5-6-9-27(21)45-30)18-47(29)34(50)25(26)19-54-37(40)52)57-35(51)28(10-7-15-43-38(41)42)46-39(58)44-23-11-13-24(14-12-23)56-36-32(49)33(53-3)31(48)20(2)55-36/h5-6,8-9,11-14,16-17,20,28,31-33,36,48-49H,4,7,10,15,18-19H2,1-3H3,(H4,41,42,43)(H2,44,46,58)/t20-,28-,31+,32-,33+,36+,40-/m0/s1. The van der Waals surface area contributed by atoms with Crippen molar-refractivity contribution < 1.29 is 43.5 Å². The maximum atomic E-state index is 14.2. The lowest BCUT2D eigenvalue weighted by Gasteiger charge is -2.40. The lowest BCUT2D eigenvalue weighted by Crippen LogP contribution is -2.59. The molecular weight excluding hydrogens is 771 g/mol. The fourth-order valence-corrected chi connectivity index (χ4v) is 7.79. The number of aliphatic hydroxyl groups is 2. The van der Waals surface area contributed by atoms with E-state index >= 15 is 0 Å². The Hall–Kier alpha value is -5.66. The molecule has 3 aliphatic rings. The number of methoxy groups -OCH3 is 1. The Labute approximate surface area is 338 Å². The molecule has 0 saturated carbocycles. The van der Waals surface area contributed by atoms with Crippen LogP contribution in [0.1, 0.15) is 49.8 Å². The van der Waals surface area contributed by atoms with Gasteiger partial charge in [-0.2, -0.15) is 0 Å². The number of nitrogens with one attached hydrogen (secondary N) is 2. The van der Waals surface area contributed by atoms with Crippen molar-refractivity contribution in [2.75, 3.05) is 19.0 Å². The van der Waals surface area contributed by atoms with Gasteiger partial charge < -0.3 is 60.6 Å². The zero-order valence-corrected chi connectivity index (χ0v) is 32.9. The molecule has 2 aromatic carbocycles. The summed E-state index contributed by atoms with van der Waals surface area (Å²) in [5.41, 5.74) is 12.4. The van der Waals surface area contributed by atoms with Crippen LogP contribution in [0.4, 0.5) is 5.69 Å². The SMILES string of the molecule is CC[C@@]1(OC(=O)[C@H](CCCN=C(N)N)NC(=S)Nc2ccc(O[C@H]3O[C@@H](C)[C@@H](O)[C@@H](OC)[C@@H]3O)cc2)C(=O)OCc2c1cc1n(c2=O)Cc2cc3ccccc3nc2-1. The van der Waals surface area contributed by atoms with E-state index in [0.29, 0.717) is 35.8 Å². The number of anilines is 1. The second kappa shape index (κ2) is 16.7. The van der Waals surface area contributed by atoms with Crippen LogP contribution < -0.4 is 32.4 Å². The number of nitrogens with two attached hydrogens (primary N) is 2. The van der Waals surface area contributed by atoms with Crippen molar-refractivity contribution in [3.63, 3.8) is 0 Å². The molecule has 1 saturated heterocycles. The normalized spacial score (nSPS) is 23.7. The fraction of sp³-hybridized carbons (Fsp3) is 0.400. The molecule has 5 heterocycles. The number of esters is 2. The summed E-state index contributed by atoms with van der Waals surface area (Å²) < 4.78 is 30.1. The molecule has 2 aromatic heterocycles. The van der Waals surface area contributed by atoms with E-state index in [-0.39, 0.29) is 53.8 Å². The third kappa shape index (κ3) is 7.80. The van der Waals surface area contributed by atoms with E-state index < -0.39 is 54.3 Å². The number of thiocarbonyl (C=S) groups is 1. The number of rotatable bonds is 12. The maximum Gasteiger partial charge on any atom is 0.355 e. The Morgan fingerprint density at radius 1 is 1.14 bits per heavy atom. The zero-order chi connectivity index (χ0) is 41.3. The van der Waals surface area contributed by atoms with Crippen LogP contribution in [0, 0.1) is 0 Å². The van der Waals surface area contributed by atoms with Gasteiger partial charge >= 0.3 is 11.9 Å². The number of aliphatic imine (C=N–C) groups is 1. The molecule has 0 aliphatic carbocycles. The summed E-state index contributed by atoms with van der Waals surface area (Å²) in [5.74, 6) is -1.38. The van der Waals surface area contributed by atoms with Gasteiger partial charge in [-0.15, -0.1) is 0 Å². The predicted molar refractivity (Wildman–Crippen MR) is 216 cm³/mol. The maximum absolute atomic E-state index is 14.2. The highest BCUT2D eigenvalue weighted by Gasteiger charge is 2.51. The molecule has 8 N–H and O–H groups in total. The van der Waals surface area contributed by atoms with Crippen molar-refractivity contribution in [1.82, 2.24) is 14.9 Å². The number of cyclic esters (lactones) is 1. The Balaban J connectivity index is 1.10. The molecule has 0 amide bonds. The largest absolute Gasteiger partial charge is 0.462 e. The molecule has 0 unspecified atom stereocenters. The highest BCUT2D eigenvalue weighted by Crippen LogP contribution is 2.41. The molecule has 3 aliphatic heterocycles. The van der Waals surface area contributed by atoms with Gasteiger partial charge in [-0.1, -0.05) is 25.1 Å². The first-order chi connectivity index (χ1) is 27.8.